The Labute approximate surface area is 165 Å². The van der Waals surface area contributed by atoms with Gasteiger partial charge in [-0.05, 0) is 50.9 Å². The highest BCUT2D eigenvalue weighted by atomic mass is 32.2. The molecule has 4 rings (SSSR count). The summed E-state index contributed by atoms with van der Waals surface area (Å²) >= 11 is 1.48. The maximum absolute atomic E-state index is 12.5. The van der Waals surface area contributed by atoms with Crippen molar-refractivity contribution in [2.75, 3.05) is 37.0 Å². The molecule has 1 saturated heterocycles. The molecule has 1 aromatic rings. The molecule has 0 spiro atoms. The van der Waals surface area contributed by atoms with E-state index in [1.54, 1.807) is 0 Å². The predicted molar refractivity (Wildman–Crippen MR) is 106 cm³/mol. The van der Waals surface area contributed by atoms with Crippen LogP contribution in [0.2, 0.25) is 0 Å². The summed E-state index contributed by atoms with van der Waals surface area (Å²) in [6, 6.07) is 0.279. The molecule has 1 amide bonds. The number of hydrogen-bond donors (Lipinski definition) is 1. The molecule has 2 heterocycles. The maximum atomic E-state index is 12.5. The highest BCUT2D eigenvalue weighted by molar-refractivity contribution is 7.99. The van der Waals surface area contributed by atoms with Crippen LogP contribution in [0.5, 0.6) is 0 Å². The van der Waals surface area contributed by atoms with Gasteiger partial charge >= 0.3 is 0 Å². The van der Waals surface area contributed by atoms with Gasteiger partial charge in [-0.2, -0.15) is 0 Å². The van der Waals surface area contributed by atoms with E-state index < -0.39 is 0 Å². The van der Waals surface area contributed by atoms with Gasteiger partial charge in [-0.1, -0.05) is 18.2 Å². The van der Waals surface area contributed by atoms with Crippen molar-refractivity contribution in [1.82, 2.24) is 20.1 Å². The summed E-state index contributed by atoms with van der Waals surface area (Å²) in [5, 5.41) is 12.8. The first-order chi connectivity index (χ1) is 13.2. The first-order valence-corrected chi connectivity index (χ1v) is 11.3. The summed E-state index contributed by atoms with van der Waals surface area (Å²) in [6.07, 6.45) is 5.43. The van der Waals surface area contributed by atoms with Crippen LogP contribution in [-0.2, 0) is 16.1 Å². The Morgan fingerprint density at radius 2 is 2.11 bits per heavy atom. The normalized spacial score (nSPS) is 28.5. The van der Waals surface area contributed by atoms with Crippen LogP contribution in [0.1, 0.15) is 39.5 Å². The number of aromatic nitrogens is 3. The molecule has 2 bridgehead atoms. The summed E-state index contributed by atoms with van der Waals surface area (Å²) in [7, 11) is 0. The molecular weight excluding hydrogens is 362 g/mol. The smallest absolute Gasteiger partial charge is 0.230 e. The zero-order valence-corrected chi connectivity index (χ0v) is 17.2. The molecule has 27 heavy (non-hydrogen) atoms. The van der Waals surface area contributed by atoms with E-state index in [9.17, 15) is 4.79 Å². The van der Waals surface area contributed by atoms with E-state index in [-0.39, 0.29) is 11.9 Å². The number of nitrogens with zero attached hydrogens (tertiary/aromatic N) is 4. The van der Waals surface area contributed by atoms with E-state index in [4.69, 9.17) is 4.74 Å². The summed E-state index contributed by atoms with van der Waals surface area (Å²) in [5.74, 6) is 3.80. The van der Waals surface area contributed by atoms with Gasteiger partial charge in [0.2, 0.25) is 11.9 Å². The lowest BCUT2D eigenvalue weighted by Gasteiger charge is -2.28. The molecule has 0 aromatic carbocycles. The lowest BCUT2D eigenvalue weighted by atomic mass is 9.84. The van der Waals surface area contributed by atoms with Crippen molar-refractivity contribution >= 4 is 23.6 Å². The lowest BCUT2D eigenvalue weighted by molar-refractivity contribution is -0.119. The van der Waals surface area contributed by atoms with Crippen LogP contribution in [0.25, 0.3) is 0 Å². The predicted octanol–water partition coefficient (Wildman–Crippen LogP) is 2.17. The lowest BCUT2D eigenvalue weighted by Crippen LogP contribution is -2.41. The van der Waals surface area contributed by atoms with Crippen LogP contribution < -0.4 is 10.2 Å². The Hall–Kier alpha value is -1.28. The number of fused-ring (bicyclic) bond motifs is 2. The van der Waals surface area contributed by atoms with Gasteiger partial charge in [-0.3, -0.25) is 9.36 Å². The molecule has 3 fully saturated rings. The third-order valence-corrected chi connectivity index (χ3v) is 7.43. The first-order valence-electron chi connectivity index (χ1n) is 10.3. The van der Waals surface area contributed by atoms with E-state index in [0.29, 0.717) is 11.7 Å². The number of carbonyl (C=O) groups excluding carboxylic acids is 1. The van der Waals surface area contributed by atoms with Crippen molar-refractivity contribution in [2.24, 2.45) is 17.8 Å². The number of ether oxygens (including phenoxy) is 1. The molecule has 8 heteroatoms. The molecule has 1 N–H and O–H groups in total. The van der Waals surface area contributed by atoms with Gasteiger partial charge < -0.3 is 15.0 Å². The third kappa shape index (κ3) is 4.11. The minimum Gasteiger partial charge on any atom is -0.378 e. The van der Waals surface area contributed by atoms with Gasteiger partial charge in [0.15, 0.2) is 5.16 Å². The Kier molecular flexibility index (Phi) is 5.92. The van der Waals surface area contributed by atoms with Gasteiger partial charge in [-0.15, -0.1) is 10.2 Å². The van der Waals surface area contributed by atoms with Crippen molar-refractivity contribution in [3.05, 3.63) is 0 Å². The Bertz CT molecular complexity index is 661. The highest BCUT2D eigenvalue weighted by Crippen LogP contribution is 2.49. The molecular formula is C19H31N5O2S. The van der Waals surface area contributed by atoms with Crippen molar-refractivity contribution in [1.29, 1.82) is 0 Å². The second-order valence-electron chi connectivity index (χ2n) is 8.11. The number of rotatable bonds is 7. The van der Waals surface area contributed by atoms with Gasteiger partial charge in [0, 0.05) is 25.7 Å². The molecule has 3 aliphatic rings. The average molecular weight is 394 g/mol. The average Bonchev–Trinajstić information content (AvgIpc) is 3.42. The van der Waals surface area contributed by atoms with Gasteiger partial charge in [-0.25, -0.2) is 0 Å². The molecule has 2 aliphatic carbocycles. The van der Waals surface area contributed by atoms with E-state index in [0.717, 1.165) is 55.8 Å². The zero-order valence-electron chi connectivity index (χ0n) is 16.4. The first kappa shape index (κ1) is 19.1. The minimum absolute atomic E-state index is 0.105. The summed E-state index contributed by atoms with van der Waals surface area (Å²) < 4.78 is 7.52. The number of thioether (sulfide) groups is 1. The molecule has 150 valence electrons. The van der Waals surface area contributed by atoms with E-state index in [2.05, 4.69) is 38.8 Å². The van der Waals surface area contributed by atoms with Crippen molar-refractivity contribution in [2.45, 2.75) is 57.3 Å². The summed E-state index contributed by atoms with van der Waals surface area (Å²) in [6.45, 7) is 8.19. The molecule has 1 aliphatic heterocycles. The minimum atomic E-state index is 0.105. The van der Waals surface area contributed by atoms with Crippen LogP contribution in [0.3, 0.4) is 0 Å². The highest BCUT2D eigenvalue weighted by Gasteiger charge is 2.42. The molecule has 1 aromatic heterocycles. The second-order valence-corrected chi connectivity index (χ2v) is 9.05. The van der Waals surface area contributed by atoms with Crippen molar-refractivity contribution < 1.29 is 9.53 Å². The number of anilines is 1. The van der Waals surface area contributed by atoms with Gasteiger partial charge in [0.1, 0.15) is 0 Å². The van der Waals surface area contributed by atoms with Gasteiger partial charge in [0.25, 0.3) is 0 Å². The van der Waals surface area contributed by atoms with Crippen LogP contribution in [0.4, 0.5) is 5.95 Å². The van der Waals surface area contributed by atoms with Crippen LogP contribution in [0.15, 0.2) is 5.16 Å². The summed E-state index contributed by atoms with van der Waals surface area (Å²) in [5.41, 5.74) is 0. The fourth-order valence-corrected chi connectivity index (χ4v) is 5.91. The number of carbonyl (C=O) groups is 1. The van der Waals surface area contributed by atoms with E-state index in [1.165, 1.54) is 37.4 Å². The van der Waals surface area contributed by atoms with Gasteiger partial charge in [0.05, 0.1) is 19.0 Å². The number of morpholine rings is 1. The topological polar surface area (TPSA) is 72.3 Å². The fraction of sp³-hybridized carbons (Fsp3) is 0.842. The molecule has 2 saturated carbocycles. The summed E-state index contributed by atoms with van der Waals surface area (Å²) in [4.78, 5) is 14.7. The van der Waals surface area contributed by atoms with E-state index in [1.807, 2.05) is 0 Å². The number of hydrogen-bond acceptors (Lipinski definition) is 6. The monoisotopic (exact) mass is 393 g/mol. The van der Waals surface area contributed by atoms with Crippen molar-refractivity contribution in [3.8, 4) is 0 Å². The quantitative estimate of drug-likeness (QED) is 0.716. The Morgan fingerprint density at radius 1 is 1.30 bits per heavy atom. The largest absolute Gasteiger partial charge is 0.378 e. The third-order valence-electron chi connectivity index (χ3n) is 6.46. The number of nitrogens with one attached hydrogen (secondary N) is 1. The molecule has 7 nitrogen and oxygen atoms in total. The fourth-order valence-electron chi connectivity index (χ4n) is 5.10. The zero-order chi connectivity index (χ0) is 18.8. The van der Waals surface area contributed by atoms with Crippen molar-refractivity contribution in [3.63, 3.8) is 0 Å². The Balaban J connectivity index is 1.30. The standard InChI is InChI=1S/C19H31N5O2S/c1-3-24-18(23-6-8-26-9-7-23)21-22-19(24)27-12-17(25)20-13(2)16-11-14-4-5-15(16)10-14/h13-16H,3-12H2,1-2H3,(H,20,25)/t13-,14-,15-,16+/m0/s1. The van der Waals surface area contributed by atoms with Crippen LogP contribution in [0, 0.1) is 17.8 Å². The van der Waals surface area contributed by atoms with Crippen LogP contribution >= 0.6 is 11.8 Å². The molecule has 0 radical (unpaired) electrons. The number of amides is 1. The molecule has 4 atom stereocenters. The van der Waals surface area contributed by atoms with E-state index >= 15 is 0 Å². The van der Waals surface area contributed by atoms with Crippen LogP contribution in [-0.4, -0.2) is 58.8 Å². The second kappa shape index (κ2) is 8.39. The molecule has 0 unspecified atom stereocenters. The SMILES string of the molecule is CCn1c(SCC(=O)N[C@@H](C)[C@H]2C[C@H]3CC[C@H]2C3)nnc1N1CCOCC1. The Morgan fingerprint density at radius 3 is 2.78 bits per heavy atom. The maximum Gasteiger partial charge on any atom is 0.230 e.